The predicted octanol–water partition coefficient (Wildman–Crippen LogP) is 2.94. The van der Waals surface area contributed by atoms with Gasteiger partial charge in [-0.2, -0.15) is 0 Å². The van der Waals surface area contributed by atoms with E-state index in [1.807, 2.05) is 24.3 Å². The first-order chi connectivity index (χ1) is 9.24. The lowest BCUT2D eigenvalue weighted by molar-refractivity contribution is 0.415. The highest BCUT2D eigenvalue weighted by Gasteiger charge is 2.05. The van der Waals surface area contributed by atoms with Gasteiger partial charge in [-0.15, -0.1) is 0 Å². The highest BCUT2D eigenvalue weighted by molar-refractivity contribution is 7.80. The third kappa shape index (κ3) is 3.32. The molecule has 0 saturated heterocycles. The van der Waals surface area contributed by atoms with Crippen molar-refractivity contribution >= 4 is 33.9 Å². The summed E-state index contributed by atoms with van der Waals surface area (Å²) in [7, 11) is 1.65. The number of methoxy groups -OCH3 is 1. The molecule has 1 aromatic heterocycles. The fourth-order valence-electron chi connectivity index (χ4n) is 1.77. The molecular formula is C14H17N3OS. The summed E-state index contributed by atoms with van der Waals surface area (Å²) in [6.07, 6.45) is 2.80. The molecule has 0 fully saturated rings. The van der Waals surface area contributed by atoms with Crippen LogP contribution < -0.4 is 15.4 Å². The minimum atomic E-state index is 0.622. The molecule has 0 atom stereocenters. The van der Waals surface area contributed by atoms with E-state index in [1.54, 1.807) is 13.3 Å². The van der Waals surface area contributed by atoms with E-state index in [1.165, 1.54) is 0 Å². The van der Waals surface area contributed by atoms with E-state index in [4.69, 9.17) is 17.0 Å². The molecule has 2 aromatic rings. The highest BCUT2D eigenvalue weighted by Crippen LogP contribution is 2.25. The van der Waals surface area contributed by atoms with Crippen LogP contribution in [0.4, 0.5) is 5.69 Å². The van der Waals surface area contributed by atoms with Crippen LogP contribution >= 0.6 is 12.2 Å². The second-order valence-corrected chi connectivity index (χ2v) is 4.53. The van der Waals surface area contributed by atoms with Crippen LogP contribution in [0, 0.1) is 0 Å². The second-order valence-electron chi connectivity index (χ2n) is 4.12. The summed E-state index contributed by atoms with van der Waals surface area (Å²) in [6, 6.07) is 7.68. The van der Waals surface area contributed by atoms with Crippen LogP contribution in [0.3, 0.4) is 0 Å². The van der Waals surface area contributed by atoms with Gasteiger partial charge in [-0.25, -0.2) is 0 Å². The number of anilines is 1. The molecule has 5 heteroatoms. The number of nitrogens with one attached hydrogen (secondary N) is 2. The number of thiocarbonyl (C=S) groups is 1. The van der Waals surface area contributed by atoms with Gasteiger partial charge in [0.2, 0.25) is 0 Å². The zero-order valence-electron chi connectivity index (χ0n) is 11.1. The first kappa shape index (κ1) is 13.5. The molecule has 0 aliphatic carbocycles. The van der Waals surface area contributed by atoms with E-state index in [0.29, 0.717) is 5.11 Å². The average Bonchev–Trinajstić information content (AvgIpc) is 2.45. The van der Waals surface area contributed by atoms with Crippen LogP contribution in [0.15, 0.2) is 30.5 Å². The number of pyridine rings is 1. The van der Waals surface area contributed by atoms with Gasteiger partial charge < -0.3 is 15.4 Å². The van der Waals surface area contributed by atoms with Crippen molar-refractivity contribution in [2.45, 2.75) is 13.3 Å². The molecule has 0 spiro atoms. The summed E-state index contributed by atoms with van der Waals surface area (Å²) in [5.74, 6) is 0.802. The fraction of sp³-hybridized carbons (Fsp3) is 0.286. The van der Waals surface area contributed by atoms with Gasteiger partial charge in [0.15, 0.2) is 5.11 Å². The zero-order chi connectivity index (χ0) is 13.7. The van der Waals surface area contributed by atoms with Gasteiger partial charge in [0.1, 0.15) is 5.75 Å². The number of nitrogens with zero attached hydrogens (tertiary/aromatic N) is 1. The Labute approximate surface area is 118 Å². The lowest BCUT2D eigenvalue weighted by atomic mass is 10.2. The molecule has 19 heavy (non-hydrogen) atoms. The smallest absolute Gasteiger partial charge is 0.170 e. The number of fused-ring (bicyclic) bond motifs is 1. The minimum Gasteiger partial charge on any atom is -0.497 e. The van der Waals surface area contributed by atoms with Crippen LogP contribution in [-0.2, 0) is 0 Å². The molecule has 0 aliphatic rings. The standard InChI is InChI=1S/C14H17N3OS/c1-3-7-16-14(19)17-13-6-8-15-12-5-4-10(18-2)9-11(12)13/h4-6,8-9H,3,7H2,1-2H3,(H2,15,16,17,19). The number of hydrogen-bond donors (Lipinski definition) is 2. The maximum atomic E-state index is 5.25. The Morgan fingerprint density at radius 2 is 2.21 bits per heavy atom. The Kier molecular flexibility index (Phi) is 4.52. The Balaban J connectivity index is 2.29. The summed E-state index contributed by atoms with van der Waals surface area (Å²) in [4.78, 5) is 4.33. The van der Waals surface area contributed by atoms with E-state index < -0.39 is 0 Å². The monoisotopic (exact) mass is 275 g/mol. The third-order valence-corrected chi connectivity index (χ3v) is 2.98. The lowest BCUT2D eigenvalue weighted by Gasteiger charge is -2.12. The SMILES string of the molecule is CCCNC(=S)Nc1ccnc2ccc(OC)cc12. The zero-order valence-corrected chi connectivity index (χ0v) is 11.9. The van der Waals surface area contributed by atoms with Crippen LogP contribution in [-0.4, -0.2) is 23.8 Å². The molecule has 0 radical (unpaired) electrons. The van der Waals surface area contributed by atoms with Crippen molar-refractivity contribution in [1.29, 1.82) is 0 Å². The molecule has 0 aliphatic heterocycles. The van der Waals surface area contributed by atoms with Crippen molar-refractivity contribution in [2.24, 2.45) is 0 Å². The van der Waals surface area contributed by atoms with Gasteiger partial charge in [0.05, 0.1) is 18.3 Å². The van der Waals surface area contributed by atoms with Crippen molar-refractivity contribution in [3.05, 3.63) is 30.5 Å². The number of ether oxygens (including phenoxy) is 1. The molecule has 100 valence electrons. The number of benzene rings is 1. The molecule has 2 rings (SSSR count). The maximum absolute atomic E-state index is 5.25. The Bertz CT molecular complexity index is 586. The minimum absolute atomic E-state index is 0.622. The molecule has 1 aromatic carbocycles. The highest BCUT2D eigenvalue weighted by atomic mass is 32.1. The molecule has 0 bridgehead atoms. The van der Waals surface area contributed by atoms with Crippen molar-refractivity contribution in [2.75, 3.05) is 19.0 Å². The van der Waals surface area contributed by atoms with Crippen LogP contribution in [0.1, 0.15) is 13.3 Å². The first-order valence-corrected chi connectivity index (χ1v) is 6.63. The quantitative estimate of drug-likeness (QED) is 0.840. The van der Waals surface area contributed by atoms with Gasteiger partial charge in [0.25, 0.3) is 0 Å². The van der Waals surface area contributed by atoms with Crippen molar-refractivity contribution in [1.82, 2.24) is 10.3 Å². The van der Waals surface area contributed by atoms with E-state index in [0.717, 1.165) is 35.3 Å². The second kappa shape index (κ2) is 6.33. The number of hydrogen-bond acceptors (Lipinski definition) is 3. The van der Waals surface area contributed by atoms with E-state index in [2.05, 4.69) is 22.5 Å². The van der Waals surface area contributed by atoms with Gasteiger partial charge in [-0.3, -0.25) is 4.98 Å². The molecule has 2 N–H and O–H groups in total. The van der Waals surface area contributed by atoms with Crippen LogP contribution in [0.2, 0.25) is 0 Å². The Morgan fingerprint density at radius 1 is 1.37 bits per heavy atom. The molecule has 1 heterocycles. The molecule has 4 nitrogen and oxygen atoms in total. The number of aromatic nitrogens is 1. The topological polar surface area (TPSA) is 46.2 Å². The van der Waals surface area contributed by atoms with Gasteiger partial charge in [-0.05, 0) is 42.9 Å². The first-order valence-electron chi connectivity index (χ1n) is 6.22. The molecular weight excluding hydrogens is 258 g/mol. The van der Waals surface area contributed by atoms with E-state index in [9.17, 15) is 0 Å². The van der Waals surface area contributed by atoms with Crippen LogP contribution in [0.5, 0.6) is 5.75 Å². The largest absolute Gasteiger partial charge is 0.497 e. The number of rotatable bonds is 4. The van der Waals surface area contributed by atoms with E-state index in [-0.39, 0.29) is 0 Å². The fourth-order valence-corrected chi connectivity index (χ4v) is 1.98. The van der Waals surface area contributed by atoms with Crippen molar-refractivity contribution < 1.29 is 4.74 Å². The third-order valence-electron chi connectivity index (χ3n) is 2.73. The summed E-state index contributed by atoms with van der Waals surface area (Å²) < 4.78 is 5.24. The summed E-state index contributed by atoms with van der Waals surface area (Å²) in [5, 5.41) is 7.95. The molecule has 0 amide bonds. The summed E-state index contributed by atoms with van der Waals surface area (Å²) in [6.45, 7) is 2.96. The van der Waals surface area contributed by atoms with Crippen LogP contribution in [0.25, 0.3) is 10.9 Å². The normalized spacial score (nSPS) is 10.2. The summed E-state index contributed by atoms with van der Waals surface area (Å²) >= 11 is 5.25. The molecule has 0 unspecified atom stereocenters. The van der Waals surface area contributed by atoms with Crippen molar-refractivity contribution in [3.8, 4) is 5.75 Å². The van der Waals surface area contributed by atoms with Crippen molar-refractivity contribution in [3.63, 3.8) is 0 Å². The van der Waals surface area contributed by atoms with Gasteiger partial charge in [-0.1, -0.05) is 6.92 Å². The maximum Gasteiger partial charge on any atom is 0.170 e. The Morgan fingerprint density at radius 3 is 2.95 bits per heavy atom. The van der Waals surface area contributed by atoms with Gasteiger partial charge >= 0.3 is 0 Å². The Hall–Kier alpha value is -1.88. The summed E-state index contributed by atoms with van der Waals surface area (Å²) in [5.41, 5.74) is 1.83. The predicted molar refractivity (Wildman–Crippen MR) is 82.8 cm³/mol. The average molecular weight is 275 g/mol. The van der Waals surface area contributed by atoms with E-state index >= 15 is 0 Å². The lowest BCUT2D eigenvalue weighted by Crippen LogP contribution is -2.28. The molecule has 0 saturated carbocycles. The van der Waals surface area contributed by atoms with Gasteiger partial charge in [0, 0.05) is 18.1 Å².